The second kappa shape index (κ2) is 9.74. The maximum absolute atomic E-state index is 12.7. The molecule has 0 radical (unpaired) electrons. The first-order valence-electron chi connectivity index (χ1n) is 10.2. The Morgan fingerprint density at radius 3 is 2.56 bits per heavy atom. The van der Waals surface area contributed by atoms with E-state index in [9.17, 15) is 9.59 Å². The Hall–Kier alpha value is -2.08. The van der Waals surface area contributed by atoms with Crippen LogP contribution in [0.4, 0.5) is 11.4 Å². The lowest BCUT2D eigenvalue weighted by molar-refractivity contribution is -0.120. The summed E-state index contributed by atoms with van der Waals surface area (Å²) in [6.07, 6.45) is 7.68. The van der Waals surface area contributed by atoms with Gasteiger partial charge in [-0.25, -0.2) is 0 Å². The number of nitrogens with zero attached hydrogens (tertiary/aromatic N) is 1. The molecule has 1 aliphatic carbocycles. The van der Waals surface area contributed by atoms with Crippen LogP contribution in [-0.2, 0) is 9.53 Å². The Morgan fingerprint density at radius 1 is 1.11 bits per heavy atom. The molecule has 2 amide bonds. The molecule has 1 saturated carbocycles. The van der Waals surface area contributed by atoms with Crippen molar-refractivity contribution in [2.45, 2.75) is 44.9 Å². The molecule has 0 aromatic heterocycles. The van der Waals surface area contributed by atoms with E-state index in [4.69, 9.17) is 4.74 Å². The van der Waals surface area contributed by atoms with Crippen LogP contribution in [0.1, 0.15) is 55.3 Å². The quantitative estimate of drug-likeness (QED) is 0.720. The Bertz CT molecular complexity index is 650. The molecule has 0 unspecified atom stereocenters. The Labute approximate surface area is 161 Å². The van der Waals surface area contributed by atoms with Crippen molar-refractivity contribution in [2.24, 2.45) is 5.92 Å². The van der Waals surface area contributed by atoms with Crippen LogP contribution in [0.2, 0.25) is 0 Å². The Balaban J connectivity index is 1.75. The number of methoxy groups -OCH3 is 1. The van der Waals surface area contributed by atoms with Crippen LogP contribution < -0.4 is 15.5 Å². The Kier molecular flexibility index (Phi) is 7.10. The summed E-state index contributed by atoms with van der Waals surface area (Å²) < 4.78 is 5.02. The van der Waals surface area contributed by atoms with E-state index >= 15 is 0 Å². The first-order chi connectivity index (χ1) is 13.2. The van der Waals surface area contributed by atoms with E-state index in [1.165, 1.54) is 6.42 Å². The first-order valence-corrected chi connectivity index (χ1v) is 10.2. The van der Waals surface area contributed by atoms with Crippen LogP contribution in [-0.4, -0.2) is 45.2 Å². The average Bonchev–Trinajstić information content (AvgIpc) is 3.23. The van der Waals surface area contributed by atoms with E-state index < -0.39 is 0 Å². The first kappa shape index (κ1) is 19.7. The van der Waals surface area contributed by atoms with Gasteiger partial charge in [0.1, 0.15) is 0 Å². The lowest BCUT2D eigenvalue weighted by Gasteiger charge is -2.23. The minimum Gasteiger partial charge on any atom is -0.383 e. The number of benzene rings is 1. The SMILES string of the molecule is COCCNC(=O)c1cc(NC(=O)C2CCCCC2)ccc1N1CCCC1. The van der Waals surface area contributed by atoms with Crippen LogP contribution in [0.25, 0.3) is 0 Å². The summed E-state index contributed by atoms with van der Waals surface area (Å²) >= 11 is 0. The van der Waals surface area contributed by atoms with Crippen molar-refractivity contribution in [1.82, 2.24) is 5.32 Å². The predicted octanol–water partition coefficient (Wildman–Crippen LogP) is 3.18. The number of carbonyl (C=O) groups excluding carboxylic acids is 2. The van der Waals surface area contributed by atoms with E-state index in [2.05, 4.69) is 15.5 Å². The maximum atomic E-state index is 12.7. The molecule has 1 saturated heterocycles. The molecule has 27 heavy (non-hydrogen) atoms. The van der Waals surface area contributed by atoms with Gasteiger partial charge in [-0.15, -0.1) is 0 Å². The van der Waals surface area contributed by atoms with Crippen molar-refractivity contribution in [3.8, 4) is 0 Å². The van der Waals surface area contributed by atoms with E-state index in [1.807, 2.05) is 18.2 Å². The highest BCUT2D eigenvalue weighted by atomic mass is 16.5. The largest absolute Gasteiger partial charge is 0.383 e. The number of ether oxygens (including phenoxy) is 1. The van der Waals surface area contributed by atoms with Crippen molar-refractivity contribution in [3.05, 3.63) is 23.8 Å². The van der Waals surface area contributed by atoms with Crippen molar-refractivity contribution in [1.29, 1.82) is 0 Å². The fraction of sp³-hybridized carbons (Fsp3) is 0.619. The van der Waals surface area contributed by atoms with Crippen molar-refractivity contribution < 1.29 is 14.3 Å². The van der Waals surface area contributed by atoms with Gasteiger partial charge in [0.25, 0.3) is 5.91 Å². The van der Waals surface area contributed by atoms with Gasteiger partial charge in [0.05, 0.1) is 12.2 Å². The molecule has 2 fully saturated rings. The molecular weight excluding hydrogens is 342 g/mol. The fourth-order valence-corrected chi connectivity index (χ4v) is 4.00. The van der Waals surface area contributed by atoms with Gasteiger partial charge < -0.3 is 20.3 Å². The summed E-state index contributed by atoms with van der Waals surface area (Å²) in [5.41, 5.74) is 2.26. The molecular formula is C21H31N3O3. The average molecular weight is 373 g/mol. The summed E-state index contributed by atoms with van der Waals surface area (Å²) in [5, 5.41) is 5.93. The maximum Gasteiger partial charge on any atom is 0.253 e. The third-order valence-corrected chi connectivity index (χ3v) is 5.52. The molecule has 148 valence electrons. The number of anilines is 2. The minimum atomic E-state index is -0.122. The van der Waals surface area contributed by atoms with Crippen LogP contribution in [0.3, 0.4) is 0 Å². The normalized spacial score (nSPS) is 17.7. The highest BCUT2D eigenvalue weighted by Crippen LogP contribution is 2.29. The van der Waals surface area contributed by atoms with Crippen molar-refractivity contribution >= 4 is 23.2 Å². The third-order valence-electron chi connectivity index (χ3n) is 5.52. The van der Waals surface area contributed by atoms with E-state index in [0.717, 1.165) is 57.3 Å². The monoisotopic (exact) mass is 373 g/mol. The summed E-state index contributed by atoms with van der Waals surface area (Å²) in [6, 6.07) is 5.70. The van der Waals surface area contributed by atoms with E-state index in [0.29, 0.717) is 24.4 Å². The van der Waals surface area contributed by atoms with Crippen LogP contribution in [0.15, 0.2) is 18.2 Å². The number of amides is 2. The number of rotatable bonds is 7. The molecule has 2 aliphatic rings. The van der Waals surface area contributed by atoms with Gasteiger partial charge in [-0.1, -0.05) is 19.3 Å². The second-order valence-corrected chi connectivity index (χ2v) is 7.50. The summed E-state index contributed by atoms with van der Waals surface area (Å²) in [7, 11) is 1.61. The number of nitrogens with one attached hydrogen (secondary N) is 2. The van der Waals surface area contributed by atoms with Gasteiger partial charge in [0, 0.05) is 44.0 Å². The molecule has 3 rings (SSSR count). The van der Waals surface area contributed by atoms with Crippen LogP contribution in [0.5, 0.6) is 0 Å². The molecule has 1 aromatic rings. The number of hydrogen-bond donors (Lipinski definition) is 2. The molecule has 2 N–H and O–H groups in total. The fourth-order valence-electron chi connectivity index (χ4n) is 4.00. The molecule has 6 nitrogen and oxygen atoms in total. The third kappa shape index (κ3) is 5.22. The number of hydrogen-bond acceptors (Lipinski definition) is 4. The van der Waals surface area contributed by atoms with Gasteiger partial charge >= 0.3 is 0 Å². The van der Waals surface area contributed by atoms with E-state index in [-0.39, 0.29) is 17.7 Å². The van der Waals surface area contributed by atoms with Gasteiger partial charge in [-0.05, 0) is 43.9 Å². The van der Waals surface area contributed by atoms with Crippen molar-refractivity contribution in [3.63, 3.8) is 0 Å². The standard InChI is InChI=1S/C21H31N3O3/c1-27-14-11-22-21(26)18-15-17(9-10-19(18)24-12-5-6-13-24)23-20(25)16-7-3-2-4-8-16/h9-10,15-16H,2-8,11-14H2,1H3,(H,22,26)(H,23,25). The zero-order chi connectivity index (χ0) is 19.1. The van der Waals surface area contributed by atoms with Gasteiger partial charge in [0.2, 0.25) is 5.91 Å². The molecule has 1 heterocycles. The van der Waals surface area contributed by atoms with Crippen LogP contribution in [0, 0.1) is 5.92 Å². The molecule has 0 bridgehead atoms. The molecule has 0 spiro atoms. The smallest absolute Gasteiger partial charge is 0.253 e. The van der Waals surface area contributed by atoms with Gasteiger partial charge in [0.15, 0.2) is 0 Å². The molecule has 1 aliphatic heterocycles. The molecule has 6 heteroatoms. The summed E-state index contributed by atoms with van der Waals surface area (Å²) in [4.78, 5) is 27.5. The van der Waals surface area contributed by atoms with Crippen molar-refractivity contribution in [2.75, 3.05) is 43.6 Å². The minimum absolute atomic E-state index is 0.0781. The topological polar surface area (TPSA) is 70.7 Å². The van der Waals surface area contributed by atoms with Gasteiger partial charge in [-0.2, -0.15) is 0 Å². The lowest BCUT2D eigenvalue weighted by Crippen LogP contribution is -2.30. The predicted molar refractivity (Wildman–Crippen MR) is 107 cm³/mol. The zero-order valence-corrected chi connectivity index (χ0v) is 16.3. The zero-order valence-electron chi connectivity index (χ0n) is 16.3. The summed E-state index contributed by atoms with van der Waals surface area (Å²) in [6.45, 7) is 2.87. The second-order valence-electron chi connectivity index (χ2n) is 7.50. The van der Waals surface area contributed by atoms with Gasteiger partial charge in [-0.3, -0.25) is 9.59 Å². The molecule has 0 atom stereocenters. The highest BCUT2D eigenvalue weighted by Gasteiger charge is 2.23. The summed E-state index contributed by atoms with van der Waals surface area (Å²) in [5.74, 6) is 0.0491. The molecule has 1 aromatic carbocycles. The highest BCUT2D eigenvalue weighted by molar-refractivity contribution is 6.02. The lowest BCUT2D eigenvalue weighted by atomic mass is 9.88. The van der Waals surface area contributed by atoms with E-state index in [1.54, 1.807) is 7.11 Å². The number of carbonyl (C=O) groups is 2. The Morgan fingerprint density at radius 2 is 1.85 bits per heavy atom. The van der Waals surface area contributed by atoms with Crippen LogP contribution >= 0.6 is 0 Å².